The Morgan fingerprint density at radius 1 is 0.810 bits per heavy atom. The van der Waals surface area contributed by atoms with E-state index in [-0.39, 0.29) is 11.1 Å². The van der Waals surface area contributed by atoms with Crippen LogP contribution in [0.15, 0.2) is 114 Å². The van der Waals surface area contributed by atoms with E-state index in [9.17, 15) is 18.7 Å². The second kappa shape index (κ2) is 13.4. The molecule has 216 valence electrons. The minimum Gasteiger partial charge on any atom is -0.487 e. The van der Waals surface area contributed by atoms with Gasteiger partial charge in [-0.05, 0) is 53.9 Å². The Morgan fingerprint density at radius 3 is 2.26 bits per heavy atom. The molecule has 1 heterocycles. The summed E-state index contributed by atoms with van der Waals surface area (Å²) in [4.78, 5) is 14.9. The number of fused-ring (bicyclic) bond motifs is 1. The Bertz CT molecular complexity index is 1640. The molecule has 0 amide bonds. The van der Waals surface area contributed by atoms with Crippen LogP contribution in [0.1, 0.15) is 28.4 Å². The lowest BCUT2D eigenvalue weighted by atomic mass is 10.0. The van der Waals surface area contributed by atoms with Crippen molar-refractivity contribution in [2.75, 3.05) is 19.7 Å². The maximum absolute atomic E-state index is 14.4. The third kappa shape index (κ3) is 7.40. The van der Waals surface area contributed by atoms with Crippen LogP contribution >= 0.6 is 0 Å². The summed E-state index contributed by atoms with van der Waals surface area (Å²) in [5, 5.41) is 14.9. The fraction of sp³-hybridized carbons (Fsp3) is 0.206. The molecule has 0 aliphatic rings. The van der Waals surface area contributed by atoms with Crippen molar-refractivity contribution in [2.45, 2.75) is 25.1 Å². The van der Waals surface area contributed by atoms with Gasteiger partial charge in [0.15, 0.2) is 6.61 Å². The van der Waals surface area contributed by atoms with Gasteiger partial charge in [0.05, 0.1) is 11.6 Å². The van der Waals surface area contributed by atoms with Crippen molar-refractivity contribution >= 4 is 10.9 Å². The number of hydrogen-bond donors (Lipinski definition) is 3. The molecule has 0 fully saturated rings. The van der Waals surface area contributed by atoms with Crippen LogP contribution in [0, 0.1) is 0 Å². The number of H-pyrrole nitrogens is 1. The Balaban J connectivity index is 1.13. The van der Waals surface area contributed by atoms with Gasteiger partial charge in [-0.1, -0.05) is 78.9 Å². The van der Waals surface area contributed by atoms with E-state index in [1.807, 2.05) is 48.5 Å². The van der Waals surface area contributed by atoms with E-state index in [0.29, 0.717) is 54.1 Å². The van der Waals surface area contributed by atoms with Crippen LogP contribution in [-0.2, 0) is 19.0 Å². The number of benzene rings is 4. The molecule has 0 aliphatic heterocycles. The lowest BCUT2D eigenvalue weighted by Crippen LogP contribution is -2.24. The van der Waals surface area contributed by atoms with Gasteiger partial charge in [-0.3, -0.25) is 4.79 Å². The normalized spacial score (nSPS) is 12.3. The van der Waals surface area contributed by atoms with E-state index >= 15 is 0 Å². The fourth-order valence-electron chi connectivity index (χ4n) is 4.67. The molecule has 5 rings (SSSR count). The number of aromatic nitrogens is 1. The molecule has 0 unspecified atom stereocenters. The largest absolute Gasteiger partial charge is 0.487 e. The first-order chi connectivity index (χ1) is 20.4. The number of halogens is 2. The molecule has 1 aromatic heterocycles. The maximum atomic E-state index is 14.4. The van der Waals surface area contributed by atoms with Crippen LogP contribution < -0.4 is 20.3 Å². The average Bonchev–Trinajstić information content (AvgIpc) is 3.02. The van der Waals surface area contributed by atoms with Crippen molar-refractivity contribution in [3.63, 3.8) is 0 Å². The van der Waals surface area contributed by atoms with Gasteiger partial charge in [-0.15, -0.1) is 0 Å². The highest BCUT2D eigenvalue weighted by molar-refractivity contribution is 5.87. The lowest BCUT2D eigenvalue weighted by Gasteiger charge is -2.18. The van der Waals surface area contributed by atoms with Gasteiger partial charge in [0.25, 0.3) is 0 Å². The summed E-state index contributed by atoms with van der Waals surface area (Å²) in [5.74, 6) is -2.17. The van der Waals surface area contributed by atoms with Crippen molar-refractivity contribution in [2.24, 2.45) is 0 Å². The van der Waals surface area contributed by atoms with Gasteiger partial charge >= 0.3 is 5.92 Å². The number of ether oxygens (including phenoxy) is 2. The SMILES string of the molecule is O=c1ccc2c([C@H](O)CNCCc3ccc(OCC(F)(F)c4ccccc4)cc3)ccc(OCc3ccccc3)c2[nH]1. The summed E-state index contributed by atoms with van der Waals surface area (Å²) in [5.41, 5.74) is 2.89. The van der Waals surface area contributed by atoms with Crippen molar-refractivity contribution < 1.29 is 23.4 Å². The van der Waals surface area contributed by atoms with E-state index in [0.717, 1.165) is 11.1 Å². The second-order valence-corrected chi connectivity index (χ2v) is 10.0. The van der Waals surface area contributed by atoms with Crippen LogP contribution in [0.3, 0.4) is 0 Å². The predicted octanol–water partition coefficient (Wildman–Crippen LogP) is 6.14. The molecule has 0 aliphatic carbocycles. The van der Waals surface area contributed by atoms with Crippen molar-refractivity contribution in [3.8, 4) is 11.5 Å². The molecule has 6 nitrogen and oxygen atoms in total. The quantitative estimate of drug-likeness (QED) is 0.148. The highest BCUT2D eigenvalue weighted by atomic mass is 19.3. The van der Waals surface area contributed by atoms with Crippen LogP contribution in [0.5, 0.6) is 11.5 Å². The number of aromatic amines is 1. The fourth-order valence-corrected chi connectivity index (χ4v) is 4.67. The highest BCUT2D eigenvalue weighted by Crippen LogP contribution is 2.31. The van der Waals surface area contributed by atoms with Crippen LogP contribution in [0.4, 0.5) is 8.78 Å². The van der Waals surface area contributed by atoms with Gasteiger partial charge in [-0.2, -0.15) is 8.78 Å². The number of pyridine rings is 1. The summed E-state index contributed by atoms with van der Waals surface area (Å²) >= 11 is 0. The maximum Gasteiger partial charge on any atom is 0.306 e. The Morgan fingerprint density at radius 2 is 1.52 bits per heavy atom. The number of hydrogen-bond acceptors (Lipinski definition) is 5. The summed E-state index contributed by atoms with van der Waals surface area (Å²) in [6.07, 6.45) is -0.142. The van der Waals surface area contributed by atoms with Crippen LogP contribution in [0.25, 0.3) is 10.9 Å². The Labute approximate surface area is 242 Å². The van der Waals surface area contributed by atoms with Gasteiger partial charge < -0.3 is 24.9 Å². The molecule has 5 aromatic rings. The van der Waals surface area contributed by atoms with Gasteiger partial charge in [0.2, 0.25) is 5.56 Å². The molecule has 0 spiro atoms. The molecule has 42 heavy (non-hydrogen) atoms. The lowest BCUT2D eigenvalue weighted by molar-refractivity contribution is -0.0467. The number of alkyl halides is 2. The van der Waals surface area contributed by atoms with E-state index in [1.54, 1.807) is 42.5 Å². The summed E-state index contributed by atoms with van der Waals surface area (Å²) < 4.78 is 40.1. The summed E-state index contributed by atoms with van der Waals surface area (Å²) in [7, 11) is 0. The Hall–Kier alpha value is -4.53. The van der Waals surface area contributed by atoms with Gasteiger partial charge in [0, 0.05) is 23.6 Å². The summed E-state index contributed by atoms with van der Waals surface area (Å²) in [6, 6.07) is 31.1. The second-order valence-electron chi connectivity index (χ2n) is 10.0. The number of nitrogens with one attached hydrogen (secondary N) is 2. The third-order valence-electron chi connectivity index (χ3n) is 6.95. The standard InChI is InChI=1S/C34H32F2N2O4/c35-34(36,26-9-5-2-6-10-26)23-42-27-13-11-24(12-14-27)19-20-37-21-30(39)28-15-17-31(33-29(28)16-18-32(40)38-33)41-22-25-7-3-1-4-8-25/h1-18,30,37,39H,19-23H2,(H,38,40)/t30-/m1/s1. The minimum atomic E-state index is -3.08. The zero-order valence-electron chi connectivity index (χ0n) is 22.9. The summed E-state index contributed by atoms with van der Waals surface area (Å²) in [6.45, 7) is 0.507. The van der Waals surface area contributed by atoms with Crippen molar-refractivity contribution in [1.29, 1.82) is 0 Å². The molecule has 0 radical (unpaired) electrons. The molecule has 3 N–H and O–H groups in total. The van der Waals surface area contributed by atoms with E-state index in [2.05, 4.69) is 10.3 Å². The molecule has 8 heteroatoms. The number of aliphatic hydroxyl groups excluding tert-OH is 1. The van der Waals surface area contributed by atoms with E-state index in [1.165, 1.54) is 18.2 Å². The highest BCUT2D eigenvalue weighted by Gasteiger charge is 2.32. The predicted molar refractivity (Wildman–Crippen MR) is 159 cm³/mol. The van der Waals surface area contributed by atoms with E-state index in [4.69, 9.17) is 9.47 Å². The Kier molecular flexibility index (Phi) is 9.26. The smallest absolute Gasteiger partial charge is 0.306 e. The van der Waals surface area contributed by atoms with Crippen molar-refractivity contribution in [3.05, 3.63) is 142 Å². The number of aliphatic hydroxyl groups is 1. The molecular formula is C34H32F2N2O4. The minimum absolute atomic E-state index is 0.0801. The van der Waals surface area contributed by atoms with Crippen LogP contribution in [0.2, 0.25) is 0 Å². The first-order valence-corrected chi connectivity index (χ1v) is 13.8. The van der Waals surface area contributed by atoms with Gasteiger partial charge in [-0.25, -0.2) is 0 Å². The van der Waals surface area contributed by atoms with E-state index < -0.39 is 18.6 Å². The molecular weight excluding hydrogens is 538 g/mol. The zero-order chi connectivity index (χ0) is 29.4. The molecule has 1 atom stereocenters. The molecule has 0 saturated carbocycles. The molecule has 4 aromatic carbocycles. The first-order valence-electron chi connectivity index (χ1n) is 13.8. The monoisotopic (exact) mass is 570 g/mol. The number of rotatable bonds is 13. The third-order valence-corrected chi connectivity index (χ3v) is 6.95. The molecule has 0 bridgehead atoms. The van der Waals surface area contributed by atoms with Gasteiger partial charge in [0.1, 0.15) is 18.1 Å². The topological polar surface area (TPSA) is 83.6 Å². The molecule has 0 saturated heterocycles. The first kappa shape index (κ1) is 29.0. The zero-order valence-corrected chi connectivity index (χ0v) is 22.9. The average molecular weight is 571 g/mol. The van der Waals surface area contributed by atoms with Crippen LogP contribution in [-0.4, -0.2) is 29.8 Å². The van der Waals surface area contributed by atoms with Crippen molar-refractivity contribution in [1.82, 2.24) is 10.3 Å².